The molecule has 128 valence electrons. The van der Waals surface area contributed by atoms with Gasteiger partial charge in [-0.2, -0.15) is 5.10 Å². The predicted octanol–water partition coefficient (Wildman–Crippen LogP) is 3.12. The first-order chi connectivity index (χ1) is 12.0. The quantitative estimate of drug-likeness (QED) is 0.732. The molecule has 0 saturated heterocycles. The predicted molar refractivity (Wildman–Crippen MR) is 101 cm³/mol. The standard InChI is InChI=1S/C19H18BrN3O2/c1-12(13-7-9-14(20)10-8-13)21-18(24)11-17-15-5-3-4-6-16(15)19(25)23(2)22-17/h3-10,12H,11H2,1-2H3,(H,21,24)/t12-/m0/s1. The number of benzene rings is 2. The molecule has 0 spiro atoms. The molecule has 0 radical (unpaired) electrons. The van der Waals surface area contributed by atoms with E-state index in [4.69, 9.17) is 0 Å². The largest absolute Gasteiger partial charge is 0.349 e. The molecule has 1 atom stereocenters. The van der Waals surface area contributed by atoms with Gasteiger partial charge in [-0.1, -0.05) is 46.3 Å². The minimum atomic E-state index is -0.164. The number of nitrogens with one attached hydrogen (secondary N) is 1. The maximum absolute atomic E-state index is 12.5. The number of carbonyl (C=O) groups is 1. The molecular formula is C19H18BrN3O2. The zero-order valence-corrected chi connectivity index (χ0v) is 15.6. The lowest BCUT2D eigenvalue weighted by Gasteiger charge is -2.15. The summed E-state index contributed by atoms with van der Waals surface area (Å²) in [6.07, 6.45) is 0.121. The number of hydrogen-bond acceptors (Lipinski definition) is 3. The number of amides is 1. The summed E-state index contributed by atoms with van der Waals surface area (Å²) < 4.78 is 2.28. The van der Waals surface area contributed by atoms with Gasteiger partial charge in [0, 0.05) is 16.9 Å². The van der Waals surface area contributed by atoms with E-state index in [2.05, 4.69) is 26.3 Å². The number of aryl methyl sites for hydroxylation is 1. The fourth-order valence-electron chi connectivity index (χ4n) is 2.79. The Balaban J connectivity index is 1.81. The molecule has 0 saturated carbocycles. The minimum Gasteiger partial charge on any atom is -0.349 e. The lowest BCUT2D eigenvalue weighted by Crippen LogP contribution is -2.30. The third-order valence-electron chi connectivity index (χ3n) is 4.11. The summed E-state index contributed by atoms with van der Waals surface area (Å²) in [4.78, 5) is 24.6. The summed E-state index contributed by atoms with van der Waals surface area (Å²) in [5.41, 5.74) is 1.45. The summed E-state index contributed by atoms with van der Waals surface area (Å²) in [5, 5.41) is 8.54. The van der Waals surface area contributed by atoms with Crippen molar-refractivity contribution in [2.24, 2.45) is 7.05 Å². The molecule has 1 heterocycles. The molecule has 0 aliphatic carbocycles. The van der Waals surface area contributed by atoms with Crippen molar-refractivity contribution in [1.29, 1.82) is 0 Å². The third kappa shape index (κ3) is 3.79. The van der Waals surface area contributed by atoms with Crippen LogP contribution in [0.4, 0.5) is 0 Å². The zero-order valence-electron chi connectivity index (χ0n) is 14.0. The van der Waals surface area contributed by atoms with Crippen molar-refractivity contribution in [3.05, 3.63) is 74.6 Å². The molecule has 1 N–H and O–H groups in total. The molecule has 1 amide bonds. The Morgan fingerprint density at radius 1 is 1.16 bits per heavy atom. The highest BCUT2D eigenvalue weighted by atomic mass is 79.9. The molecule has 0 aliphatic rings. The first-order valence-corrected chi connectivity index (χ1v) is 8.75. The van der Waals surface area contributed by atoms with E-state index in [9.17, 15) is 9.59 Å². The monoisotopic (exact) mass is 399 g/mol. The second kappa shape index (κ2) is 7.19. The van der Waals surface area contributed by atoms with E-state index in [-0.39, 0.29) is 23.9 Å². The van der Waals surface area contributed by atoms with E-state index in [0.717, 1.165) is 15.4 Å². The number of aromatic nitrogens is 2. The van der Waals surface area contributed by atoms with Crippen molar-refractivity contribution < 1.29 is 4.79 Å². The SMILES string of the molecule is C[C@H](NC(=O)Cc1nn(C)c(=O)c2ccccc12)c1ccc(Br)cc1. The van der Waals surface area contributed by atoms with Gasteiger partial charge in [-0.05, 0) is 30.7 Å². The van der Waals surface area contributed by atoms with Gasteiger partial charge in [0.25, 0.3) is 5.56 Å². The van der Waals surface area contributed by atoms with E-state index in [1.807, 2.05) is 49.4 Å². The van der Waals surface area contributed by atoms with E-state index >= 15 is 0 Å². The van der Waals surface area contributed by atoms with Crippen LogP contribution in [0.3, 0.4) is 0 Å². The van der Waals surface area contributed by atoms with E-state index in [1.54, 1.807) is 13.1 Å². The Morgan fingerprint density at radius 2 is 1.80 bits per heavy atom. The molecule has 0 bridgehead atoms. The second-order valence-corrected chi connectivity index (χ2v) is 6.85. The number of halogens is 1. The molecule has 6 heteroatoms. The fourth-order valence-corrected chi connectivity index (χ4v) is 3.05. The van der Waals surface area contributed by atoms with Crippen LogP contribution >= 0.6 is 15.9 Å². The number of nitrogens with zero attached hydrogens (tertiary/aromatic N) is 2. The molecule has 0 aliphatic heterocycles. The third-order valence-corrected chi connectivity index (χ3v) is 4.64. The van der Waals surface area contributed by atoms with E-state index in [1.165, 1.54) is 4.68 Å². The van der Waals surface area contributed by atoms with Crippen LogP contribution in [0.1, 0.15) is 24.2 Å². The maximum Gasteiger partial charge on any atom is 0.274 e. The van der Waals surface area contributed by atoms with Gasteiger partial charge < -0.3 is 5.32 Å². The number of carbonyl (C=O) groups excluding carboxylic acids is 1. The molecule has 1 aromatic heterocycles. The molecule has 3 aromatic rings. The van der Waals surface area contributed by atoms with Gasteiger partial charge >= 0.3 is 0 Å². The average molecular weight is 400 g/mol. The Kier molecular flexibility index (Phi) is 4.99. The first kappa shape index (κ1) is 17.4. The summed E-state index contributed by atoms with van der Waals surface area (Å²) in [6, 6.07) is 14.9. The van der Waals surface area contributed by atoms with Crippen molar-refractivity contribution in [3.8, 4) is 0 Å². The van der Waals surface area contributed by atoms with E-state index in [0.29, 0.717) is 11.1 Å². The summed E-state index contributed by atoms with van der Waals surface area (Å²) in [5.74, 6) is -0.133. The number of hydrogen-bond donors (Lipinski definition) is 1. The smallest absolute Gasteiger partial charge is 0.274 e. The lowest BCUT2D eigenvalue weighted by molar-refractivity contribution is -0.121. The molecule has 5 nitrogen and oxygen atoms in total. The van der Waals surface area contributed by atoms with Gasteiger partial charge in [0.1, 0.15) is 0 Å². The Bertz CT molecular complexity index is 980. The zero-order chi connectivity index (χ0) is 18.0. The van der Waals surface area contributed by atoms with Crippen LogP contribution in [0, 0.1) is 0 Å². The van der Waals surface area contributed by atoms with Gasteiger partial charge in [0.05, 0.1) is 23.5 Å². The van der Waals surface area contributed by atoms with Crippen molar-refractivity contribution >= 4 is 32.6 Å². The summed E-state index contributed by atoms with van der Waals surface area (Å²) in [7, 11) is 1.60. The van der Waals surface area contributed by atoms with Crippen LogP contribution < -0.4 is 10.9 Å². The normalized spacial score (nSPS) is 12.1. The van der Waals surface area contributed by atoms with Crippen molar-refractivity contribution in [3.63, 3.8) is 0 Å². The van der Waals surface area contributed by atoms with Crippen LogP contribution in [0.2, 0.25) is 0 Å². The number of fused-ring (bicyclic) bond motifs is 1. The average Bonchev–Trinajstić information content (AvgIpc) is 2.60. The Labute approximate surface area is 153 Å². The van der Waals surface area contributed by atoms with E-state index < -0.39 is 0 Å². The molecule has 0 unspecified atom stereocenters. The van der Waals surface area contributed by atoms with Crippen LogP contribution in [0.15, 0.2) is 57.8 Å². The lowest BCUT2D eigenvalue weighted by atomic mass is 10.1. The number of rotatable bonds is 4. The van der Waals surface area contributed by atoms with Gasteiger partial charge in [0.2, 0.25) is 5.91 Å². The molecule has 0 fully saturated rings. The first-order valence-electron chi connectivity index (χ1n) is 7.95. The van der Waals surface area contributed by atoms with Gasteiger partial charge in [-0.25, -0.2) is 4.68 Å². The van der Waals surface area contributed by atoms with Crippen LogP contribution in [0.5, 0.6) is 0 Å². The molecule has 2 aromatic carbocycles. The highest BCUT2D eigenvalue weighted by Gasteiger charge is 2.14. The van der Waals surface area contributed by atoms with Gasteiger partial charge in [-0.3, -0.25) is 9.59 Å². The second-order valence-electron chi connectivity index (χ2n) is 5.94. The van der Waals surface area contributed by atoms with Gasteiger partial charge in [0.15, 0.2) is 0 Å². The summed E-state index contributed by atoms with van der Waals surface area (Å²) in [6.45, 7) is 1.94. The topological polar surface area (TPSA) is 64.0 Å². The maximum atomic E-state index is 12.5. The minimum absolute atomic E-state index is 0.112. The fraction of sp³-hybridized carbons (Fsp3) is 0.211. The molecule has 3 rings (SSSR count). The summed E-state index contributed by atoms with van der Waals surface area (Å²) >= 11 is 3.40. The van der Waals surface area contributed by atoms with Crippen molar-refractivity contribution in [2.75, 3.05) is 0 Å². The Hall–Kier alpha value is -2.47. The highest BCUT2D eigenvalue weighted by molar-refractivity contribution is 9.10. The van der Waals surface area contributed by atoms with Crippen molar-refractivity contribution in [2.45, 2.75) is 19.4 Å². The molecular weight excluding hydrogens is 382 g/mol. The van der Waals surface area contributed by atoms with Crippen LogP contribution in [0.25, 0.3) is 10.8 Å². The van der Waals surface area contributed by atoms with Crippen LogP contribution in [-0.4, -0.2) is 15.7 Å². The highest BCUT2D eigenvalue weighted by Crippen LogP contribution is 2.17. The van der Waals surface area contributed by atoms with Crippen molar-refractivity contribution in [1.82, 2.24) is 15.1 Å². The molecule has 25 heavy (non-hydrogen) atoms. The van der Waals surface area contributed by atoms with Gasteiger partial charge in [-0.15, -0.1) is 0 Å². The Morgan fingerprint density at radius 3 is 2.48 bits per heavy atom. The van der Waals surface area contributed by atoms with Crippen LogP contribution in [-0.2, 0) is 18.3 Å².